The van der Waals surface area contributed by atoms with Crippen LogP contribution in [-0.4, -0.2) is 19.6 Å². The summed E-state index contributed by atoms with van der Waals surface area (Å²) in [4.78, 5) is 8.25. The van der Waals surface area contributed by atoms with Gasteiger partial charge in [0.25, 0.3) is 0 Å². The standard InChI is InChI=1S/C4H12N2.CH2O2/c1-3-6(5)4-2;2-1-3/h3-5H2,1-2H3;1H,(H,2,3). The number of nitrogens with one attached hydrogen (secondary N) is 1. The predicted molar refractivity (Wildman–Crippen MR) is 32.3 cm³/mol. The van der Waals surface area contributed by atoms with Crippen LogP contribution in [0.4, 0.5) is 0 Å². The van der Waals surface area contributed by atoms with Crippen LogP contribution < -0.4 is 16.0 Å². The summed E-state index contributed by atoms with van der Waals surface area (Å²) in [5.41, 5.74) is 0. The highest BCUT2D eigenvalue weighted by molar-refractivity contribution is 5.29. The van der Waals surface area contributed by atoms with Gasteiger partial charge in [-0.3, -0.25) is 5.01 Å². The summed E-state index contributed by atoms with van der Waals surface area (Å²) in [7, 11) is 0. The molecule has 3 N–H and O–H groups in total. The lowest BCUT2D eigenvalue weighted by Gasteiger charge is -2.03. The maximum Gasteiger partial charge on any atom is 0.0915 e. The van der Waals surface area contributed by atoms with Gasteiger partial charge in [0.05, 0.1) is 13.1 Å². The Hall–Kier alpha value is -0.610. The average molecular weight is 134 g/mol. The second kappa shape index (κ2) is 10.4. The fourth-order valence-corrected chi connectivity index (χ4v) is 0.250. The largest absolute Gasteiger partial charge is 0.554 e. The lowest BCUT2D eigenvalue weighted by molar-refractivity contribution is -0.908. The third-order valence-electron chi connectivity index (χ3n) is 0.908. The summed E-state index contributed by atoms with van der Waals surface area (Å²) >= 11 is 0. The van der Waals surface area contributed by atoms with E-state index in [0.29, 0.717) is 0 Å². The van der Waals surface area contributed by atoms with Crippen LogP contribution in [0.2, 0.25) is 0 Å². The van der Waals surface area contributed by atoms with Gasteiger partial charge in [0.2, 0.25) is 0 Å². The highest BCUT2D eigenvalue weighted by Gasteiger charge is 1.86. The van der Waals surface area contributed by atoms with Crippen molar-refractivity contribution in [3.8, 4) is 0 Å². The van der Waals surface area contributed by atoms with Crippen molar-refractivity contribution in [2.24, 2.45) is 5.84 Å². The van der Waals surface area contributed by atoms with Crippen molar-refractivity contribution >= 4 is 6.47 Å². The van der Waals surface area contributed by atoms with Gasteiger partial charge in [-0.25, -0.2) is 0 Å². The Morgan fingerprint density at radius 1 is 1.56 bits per heavy atom. The molecule has 0 aromatic heterocycles. The summed E-state index contributed by atoms with van der Waals surface area (Å²) in [6, 6.07) is 0. The Balaban J connectivity index is 0. The SMILES string of the molecule is CC[NH+](N)CC.O=C[O-]. The van der Waals surface area contributed by atoms with Gasteiger partial charge in [-0.15, -0.1) is 0 Å². The summed E-state index contributed by atoms with van der Waals surface area (Å²) in [5.74, 6) is 5.39. The fraction of sp³-hybridized carbons (Fsp3) is 0.800. The number of nitrogens with two attached hydrogens (primary N) is 1. The lowest BCUT2D eigenvalue weighted by atomic mass is 10.6. The van der Waals surface area contributed by atoms with Crippen molar-refractivity contribution in [3.63, 3.8) is 0 Å². The predicted octanol–water partition coefficient (Wildman–Crippen LogP) is -2.85. The second-order valence-electron chi connectivity index (χ2n) is 1.46. The molecule has 0 fully saturated rings. The molecular formula is C5H14N2O2. The molecule has 0 radical (unpaired) electrons. The maximum atomic E-state index is 8.25. The number of carboxylic acid groups (broad SMARTS) is 1. The monoisotopic (exact) mass is 134 g/mol. The molecule has 0 aromatic carbocycles. The molecule has 0 amide bonds. The van der Waals surface area contributed by atoms with Gasteiger partial charge in [-0.1, -0.05) is 0 Å². The highest BCUT2D eigenvalue weighted by atomic mass is 16.3. The topological polar surface area (TPSA) is 70.6 Å². The number of rotatable bonds is 2. The first-order valence-electron chi connectivity index (χ1n) is 2.88. The molecule has 0 aliphatic heterocycles. The van der Waals surface area contributed by atoms with Crippen molar-refractivity contribution in [1.29, 1.82) is 0 Å². The molecule has 0 saturated carbocycles. The molecule has 0 rings (SSSR count). The highest BCUT2D eigenvalue weighted by Crippen LogP contribution is 1.34. The van der Waals surface area contributed by atoms with Gasteiger partial charge in [0.1, 0.15) is 0 Å². The van der Waals surface area contributed by atoms with E-state index in [1.807, 2.05) is 0 Å². The minimum atomic E-state index is -0.500. The average Bonchev–Trinajstić information content (AvgIpc) is 1.88. The van der Waals surface area contributed by atoms with E-state index < -0.39 is 6.47 Å². The van der Waals surface area contributed by atoms with E-state index in [9.17, 15) is 0 Å². The quantitative estimate of drug-likeness (QED) is 0.243. The van der Waals surface area contributed by atoms with E-state index in [2.05, 4.69) is 13.8 Å². The molecule has 4 heteroatoms. The summed E-state index contributed by atoms with van der Waals surface area (Å²) < 4.78 is 0. The minimum Gasteiger partial charge on any atom is -0.554 e. The van der Waals surface area contributed by atoms with Crippen LogP contribution in [0.5, 0.6) is 0 Å². The van der Waals surface area contributed by atoms with Crippen LogP contribution in [0.25, 0.3) is 0 Å². The van der Waals surface area contributed by atoms with E-state index in [1.54, 1.807) is 0 Å². The normalized spacial score (nSPS) is 8.00. The molecule has 0 bridgehead atoms. The first-order chi connectivity index (χ1) is 4.22. The Morgan fingerprint density at radius 3 is 1.78 bits per heavy atom. The van der Waals surface area contributed by atoms with Crippen LogP contribution >= 0.6 is 0 Å². The smallest absolute Gasteiger partial charge is 0.0915 e. The second-order valence-corrected chi connectivity index (χ2v) is 1.46. The molecule has 0 spiro atoms. The zero-order valence-electron chi connectivity index (χ0n) is 5.89. The number of quaternary nitrogens is 1. The van der Waals surface area contributed by atoms with Crippen LogP contribution in [0.15, 0.2) is 0 Å². The molecule has 9 heavy (non-hydrogen) atoms. The maximum absolute atomic E-state index is 8.25. The van der Waals surface area contributed by atoms with Gasteiger partial charge in [-0.2, -0.15) is 5.84 Å². The van der Waals surface area contributed by atoms with Crippen LogP contribution in [-0.2, 0) is 4.79 Å². The van der Waals surface area contributed by atoms with Gasteiger partial charge in [0.15, 0.2) is 0 Å². The molecule has 0 unspecified atom stereocenters. The van der Waals surface area contributed by atoms with E-state index in [-0.39, 0.29) is 0 Å². The number of hydrogen-bond acceptors (Lipinski definition) is 3. The van der Waals surface area contributed by atoms with E-state index in [0.717, 1.165) is 18.1 Å². The summed E-state index contributed by atoms with van der Waals surface area (Å²) in [5, 5.41) is 9.34. The molecule has 4 nitrogen and oxygen atoms in total. The van der Waals surface area contributed by atoms with Gasteiger partial charge >= 0.3 is 0 Å². The molecule has 0 atom stereocenters. The Bertz CT molecular complexity index is 54.9. The van der Waals surface area contributed by atoms with Crippen molar-refractivity contribution in [2.75, 3.05) is 13.1 Å². The van der Waals surface area contributed by atoms with Crippen LogP contribution in [0.3, 0.4) is 0 Å². The van der Waals surface area contributed by atoms with Crippen molar-refractivity contribution in [3.05, 3.63) is 0 Å². The third kappa shape index (κ3) is 18.7. The van der Waals surface area contributed by atoms with Crippen LogP contribution in [0, 0.1) is 0 Å². The molecule has 0 aromatic rings. The Kier molecular flexibility index (Phi) is 13.0. The van der Waals surface area contributed by atoms with Crippen molar-refractivity contribution in [1.82, 2.24) is 0 Å². The van der Waals surface area contributed by atoms with E-state index >= 15 is 0 Å². The van der Waals surface area contributed by atoms with Gasteiger partial charge in [0, 0.05) is 6.47 Å². The molecule has 0 aliphatic carbocycles. The Labute approximate surface area is 55.2 Å². The fourth-order valence-electron chi connectivity index (χ4n) is 0.250. The number of carbonyl (C=O) groups excluding carboxylic acids is 1. The lowest BCUT2D eigenvalue weighted by Crippen LogP contribution is -3.17. The summed E-state index contributed by atoms with van der Waals surface area (Å²) in [6.07, 6.45) is 0. The van der Waals surface area contributed by atoms with Gasteiger partial charge in [-0.05, 0) is 13.8 Å². The number of hydrogen-bond donors (Lipinski definition) is 2. The van der Waals surface area contributed by atoms with E-state index in [1.165, 1.54) is 0 Å². The third-order valence-corrected chi connectivity index (χ3v) is 0.908. The molecule has 0 saturated heterocycles. The van der Waals surface area contributed by atoms with Crippen molar-refractivity contribution in [2.45, 2.75) is 13.8 Å². The first kappa shape index (κ1) is 11.2. The molecule has 0 heterocycles. The zero-order valence-corrected chi connectivity index (χ0v) is 5.89. The number of carbonyl (C=O) groups is 1. The molecule has 56 valence electrons. The summed E-state index contributed by atoms with van der Waals surface area (Å²) in [6.45, 7) is 5.69. The zero-order chi connectivity index (χ0) is 7.70. The van der Waals surface area contributed by atoms with Crippen LogP contribution in [0.1, 0.15) is 13.8 Å². The molecule has 0 aliphatic rings. The minimum absolute atomic E-state index is 0.500. The molecular weight excluding hydrogens is 120 g/mol. The first-order valence-corrected chi connectivity index (χ1v) is 2.88. The van der Waals surface area contributed by atoms with E-state index in [4.69, 9.17) is 15.7 Å². The Morgan fingerprint density at radius 2 is 1.78 bits per heavy atom. The van der Waals surface area contributed by atoms with Gasteiger partial charge < -0.3 is 9.90 Å². The van der Waals surface area contributed by atoms with Crippen molar-refractivity contribution < 1.29 is 14.9 Å².